The molecule has 5 fully saturated rings. The van der Waals surface area contributed by atoms with Gasteiger partial charge in [-0.2, -0.15) is 0 Å². The molecular formula is C21H30N4O. The fourth-order valence-electron chi connectivity index (χ4n) is 6.89. The number of anilines is 1. The zero-order valence-corrected chi connectivity index (χ0v) is 15.8. The number of carbonyl (C=O) groups excluding carboxylic acids is 1. The van der Waals surface area contributed by atoms with Crippen LogP contribution in [-0.2, 0) is 4.79 Å². The number of hydrogen-bond donors (Lipinski definition) is 1. The van der Waals surface area contributed by atoms with Crippen LogP contribution >= 0.6 is 0 Å². The molecule has 5 nitrogen and oxygen atoms in total. The lowest BCUT2D eigenvalue weighted by molar-refractivity contribution is -0.126. The van der Waals surface area contributed by atoms with Gasteiger partial charge < -0.3 is 10.2 Å². The van der Waals surface area contributed by atoms with E-state index in [2.05, 4.69) is 15.2 Å². The predicted molar refractivity (Wildman–Crippen MR) is 101 cm³/mol. The number of nitrogens with zero attached hydrogens (tertiary/aromatic N) is 3. The lowest BCUT2D eigenvalue weighted by Gasteiger charge is -2.61. The van der Waals surface area contributed by atoms with Gasteiger partial charge in [-0.15, -0.1) is 0 Å². The molecule has 5 heteroatoms. The molecule has 26 heavy (non-hydrogen) atoms. The first-order valence-corrected chi connectivity index (χ1v) is 10.5. The summed E-state index contributed by atoms with van der Waals surface area (Å²) in [5, 5.41) is 3.41. The van der Waals surface area contributed by atoms with Gasteiger partial charge in [0, 0.05) is 37.7 Å². The van der Waals surface area contributed by atoms with E-state index in [9.17, 15) is 4.79 Å². The molecule has 0 radical (unpaired) electrons. The zero-order valence-electron chi connectivity index (χ0n) is 15.8. The number of nitrogens with one attached hydrogen (secondary N) is 1. The van der Waals surface area contributed by atoms with Crippen LogP contribution in [0, 0.1) is 17.8 Å². The molecular weight excluding hydrogens is 324 g/mol. The first-order valence-electron chi connectivity index (χ1n) is 10.5. The number of rotatable bonds is 3. The molecule has 1 aromatic rings. The third kappa shape index (κ3) is 2.71. The average molecular weight is 354 g/mol. The molecule has 1 aromatic heterocycles. The van der Waals surface area contributed by atoms with E-state index >= 15 is 0 Å². The standard InChI is InChI=1S/C21H30N4O/c1-14(26)24-21-10-15-7-16(11-21)9-17(8-15)20(21)18-12-22-13-19(23-18)25-5-3-2-4-6-25/h12-13,15-17,20H,2-11H2,1H3,(H,24,26). The minimum atomic E-state index is -0.0875. The Labute approximate surface area is 156 Å². The molecule has 0 spiro atoms. The van der Waals surface area contributed by atoms with Crippen LogP contribution in [0.25, 0.3) is 0 Å². The Morgan fingerprint density at radius 1 is 1.12 bits per heavy atom. The average Bonchev–Trinajstić information content (AvgIpc) is 2.61. The van der Waals surface area contributed by atoms with E-state index in [1.54, 1.807) is 6.92 Å². The summed E-state index contributed by atoms with van der Waals surface area (Å²) in [7, 11) is 0. The van der Waals surface area contributed by atoms with Crippen molar-refractivity contribution in [2.75, 3.05) is 18.0 Å². The van der Waals surface area contributed by atoms with Crippen LogP contribution in [-0.4, -0.2) is 34.5 Å². The Morgan fingerprint density at radius 2 is 1.85 bits per heavy atom. The van der Waals surface area contributed by atoms with E-state index in [1.165, 1.54) is 38.5 Å². The van der Waals surface area contributed by atoms with Crippen LogP contribution in [0.4, 0.5) is 5.82 Å². The van der Waals surface area contributed by atoms with E-state index < -0.39 is 0 Å². The second kappa shape index (κ2) is 6.21. The zero-order chi connectivity index (χ0) is 17.7. The second-order valence-corrected chi connectivity index (χ2v) is 9.27. The summed E-state index contributed by atoms with van der Waals surface area (Å²) < 4.78 is 0. The molecule has 4 saturated carbocycles. The number of piperidine rings is 1. The van der Waals surface area contributed by atoms with Crippen molar-refractivity contribution in [2.45, 2.75) is 69.7 Å². The van der Waals surface area contributed by atoms with Crippen LogP contribution in [0.1, 0.15) is 69.9 Å². The highest BCUT2D eigenvalue weighted by atomic mass is 16.1. The van der Waals surface area contributed by atoms with Gasteiger partial charge in [-0.1, -0.05) is 0 Å². The van der Waals surface area contributed by atoms with Gasteiger partial charge in [-0.25, -0.2) is 4.98 Å². The normalized spacial score (nSPS) is 38.4. The fourth-order valence-corrected chi connectivity index (χ4v) is 6.89. The highest BCUT2D eigenvalue weighted by Crippen LogP contribution is 2.61. The molecule has 3 unspecified atom stereocenters. The number of carbonyl (C=O) groups is 1. The van der Waals surface area contributed by atoms with Gasteiger partial charge in [-0.05, 0) is 69.1 Å². The lowest BCUT2D eigenvalue weighted by Crippen LogP contribution is -2.64. The van der Waals surface area contributed by atoms with Crippen LogP contribution in [0.15, 0.2) is 12.4 Å². The Balaban J connectivity index is 1.50. The van der Waals surface area contributed by atoms with Crippen molar-refractivity contribution < 1.29 is 4.79 Å². The first-order chi connectivity index (χ1) is 12.6. The van der Waals surface area contributed by atoms with Crippen LogP contribution < -0.4 is 10.2 Å². The Kier molecular flexibility index (Phi) is 3.94. The van der Waals surface area contributed by atoms with Gasteiger partial charge in [-0.3, -0.25) is 9.78 Å². The maximum atomic E-state index is 12.1. The summed E-state index contributed by atoms with van der Waals surface area (Å²) in [6.45, 7) is 3.85. The number of hydrogen-bond acceptors (Lipinski definition) is 4. The Bertz CT molecular complexity index is 685. The number of aromatic nitrogens is 2. The molecule has 1 saturated heterocycles. The molecule has 2 heterocycles. The van der Waals surface area contributed by atoms with Gasteiger partial charge in [0.05, 0.1) is 11.9 Å². The van der Waals surface area contributed by atoms with Crippen LogP contribution in [0.2, 0.25) is 0 Å². The Hall–Kier alpha value is -1.65. The highest BCUT2D eigenvalue weighted by molar-refractivity contribution is 5.74. The molecule has 1 amide bonds. The predicted octanol–water partition coefficient (Wildman–Crippen LogP) is 3.27. The van der Waals surface area contributed by atoms with E-state index in [1.807, 2.05) is 12.4 Å². The van der Waals surface area contributed by atoms with E-state index in [-0.39, 0.29) is 11.4 Å². The summed E-state index contributed by atoms with van der Waals surface area (Å²) in [4.78, 5) is 24.1. The van der Waals surface area contributed by atoms with E-state index in [0.29, 0.717) is 11.8 Å². The van der Waals surface area contributed by atoms with Crippen molar-refractivity contribution in [1.82, 2.24) is 15.3 Å². The molecule has 5 aliphatic rings. The van der Waals surface area contributed by atoms with Crippen molar-refractivity contribution in [3.8, 4) is 0 Å². The highest BCUT2D eigenvalue weighted by Gasteiger charge is 2.58. The summed E-state index contributed by atoms with van der Waals surface area (Å²) in [6.07, 6.45) is 13.9. The molecule has 1 aliphatic heterocycles. The minimum absolute atomic E-state index is 0.0875. The van der Waals surface area contributed by atoms with Gasteiger partial charge in [0.2, 0.25) is 5.91 Å². The quantitative estimate of drug-likeness (QED) is 0.905. The molecule has 0 aromatic carbocycles. The van der Waals surface area contributed by atoms with E-state index in [0.717, 1.165) is 49.3 Å². The largest absolute Gasteiger partial charge is 0.355 e. The van der Waals surface area contributed by atoms with Crippen molar-refractivity contribution in [3.63, 3.8) is 0 Å². The molecule has 6 rings (SSSR count). The summed E-state index contributed by atoms with van der Waals surface area (Å²) >= 11 is 0. The molecule has 140 valence electrons. The topological polar surface area (TPSA) is 58.1 Å². The van der Waals surface area contributed by atoms with Gasteiger partial charge in [0.25, 0.3) is 0 Å². The van der Waals surface area contributed by atoms with Crippen molar-refractivity contribution in [1.29, 1.82) is 0 Å². The SMILES string of the molecule is CC(=O)NC12CC3CC(CC(C3)C1c1cncc(N3CCCCC3)n1)C2. The lowest BCUT2D eigenvalue weighted by atomic mass is 9.47. The molecule has 3 atom stereocenters. The third-order valence-corrected chi connectivity index (χ3v) is 7.38. The van der Waals surface area contributed by atoms with Crippen LogP contribution in [0.3, 0.4) is 0 Å². The monoisotopic (exact) mass is 354 g/mol. The summed E-state index contributed by atoms with van der Waals surface area (Å²) in [5.41, 5.74) is 1.03. The van der Waals surface area contributed by atoms with Crippen molar-refractivity contribution >= 4 is 11.7 Å². The fraction of sp³-hybridized carbons (Fsp3) is 0.762. The van der Waals surface area contributed by atoms with Gasteiger partial charge in [0.1, 0.15) is 5.82 Å². The van der Waals surface area contributed by atoms with Gasteiger partial charge >= 0.3 is 0 Å². The van der Waals surface area contributed by atoms with Gasteiger partial charge in [0.15, 0.2) is 0 Å². The third-order valence-electron chi connectivity index (χ3n) is 7.38. The maximum absolute atomic E-state index is 12.1. The summed E-state index contributed by atoms with van der Waals surface area (Å²) in [5.74, 6) is 3.70. The molecule has 1 N–H and O–H groups in total. The van der Waals surface area contributed by atoms with Crippen LogP contribution in [0.5, 0.6) is 0 Å². The molecule has 4 bridgehead atoms. The smallest absolute Gasteiger partial charge is 0.217 e. The maximum Gasteiger partial charge on any atom is 0.217 e. The van der Waals surface area contributed by atoms with E-state index in [4.69, 9.17) is 4.98 Å². The minimum Gasteiger partial charge on any atom is -0.355 e. The van der Waals surface area contributed by atoms with Crippen molar-refractivity contribution in [2.24, 2.45) is 17.8 Å². The second-order valence-electron chi connectivity index (χ2n) is 9.27. The Morgan fingerprint density at radius 3 is 2.54 bits per heavy atom. The van der Waals surface area contributed by atoms with Crippen molar-refractivity contribution in [3.05, 3.63) is 18.1 Å². The first kappa shape index (κ1) is 16.5. The number of amides is 1. The summed E-state index contributed by atoms with van der Waals surface area (Å²) in [6, 6.07) is 0. The molecule has 4 aliphatic carbocycles.